The lowest BCUT2D eigenvalue weighted by Crippen LogP contribution is -2.39. The molecule has 13 heavy (non-hydrogen) atoms. The highest BCUT2D eigenvalue weighted by Gasteiger charge is 2.15. The van der Waals surface area contributed by atoms with Gasteiger partial charge in [-0.15, -0.1) is 0 Å². The molecule has 5 nitrogen and oxygen atoms in total. The van der Waals surface area contributed by atoms with Crippen molar-refractivity contribution >= 4 is 0 Å². The first-order chi connectivity index (χ1) is 6.27. The molecule has 1 rings (SSSR count). The fraction of sp³-hybridized carbons (Fsp3) is 0.750. The third-order valence-corrected chi connectivity index (χ3v) is 2.05. The maximum absolute atomic E-state index is 5.92. The number of nitrogens with two attached hydrogens (primary N) is 1. The second kappa shape index (κ2) is 4.94. The summed E-state index contributed by atoms with van der Waals surface area (Å²) >= 11 is 0. The molecule has 1 heterocycles. The summed E-state index contributed by atoms with van der Waals surface area (Å²) in [6.07, 6.45) is 4.15. The third-order valence-electron chi connectivity index (χ3n) is 2.05. The van der Waals surface area contributed by atoms with E-state index in [1.807, 2.05) is 0 Å². The van der Waals surface area contributed by atoms with Crippen LogP contribution in [0.4, 0.5) is 0 Å². The predicted octanol–water partition coefficient (Wildman–Crippen LogP) is 0.0304. The summed E-state index contributed by atoms with van der Waals surface area (Å²) in [5.41, 5.74) is 5.92. The molecule has 1 aromatic rings. The predicted molar refractivity (Wildman–Crippen MR) is 49.1 cm³/mol. The van der Waals surface area contributed by atoms with E-state index in [1.165, 1.54) is 6.33 Å². The Morgan fingerprint density at radius 2 is 2.38 bits per heavy atom. The van der Waals surface area contributed by atoms with E-state index in [1.54, 1.807) is 18.1 Å². The zero-order chi connectivity index (χ0) is 9.68. The number of rotatable bonds is 5. The molecule has 1 aromatic heterocycles. The summed E-state index contributed by atoms with van der Waals surface area (Å²) in [4.78, 5) is 3.84. The smallest absolute Gasteiger partial charge is 0.137 e. The standard InChI is InChI=1S/C8H16N4O/c1-3-8(13-2)7(9)4-12-6-10-5-11-12/h5-8H,3-4,9H2,1-2H3/t7-,8-/m1/s1. The van der Waals surface area contributed by atoms with Crippen LogP contribution in [0, 0.1) is 0 Å². The molecule has 0 aliphatic carbocycles. The van der Waals surface area contributed by atoms with Crippen LogP contribution in [0.25, 0.3) is 0 Å². The van der Waals surface area contributed by atoms with E-state index in [0.717, 1.165) is 6.42 Å². The zero-order valence-electron chi connectivity index (χ0n) is 8.05. The molecule has 0 bridgehead atoms. The second-order valence-corrected chi connectivity index (χ2v) is 2.96. The Balaban J connectivity index is 2.44. The topological polar surface area (TPSA) is 66.0 Å². The number of hydrogen-bond donors (Lipinski definition) is 1. The van der Waals surface area contributed by atoms with Gasteiger partial charge in [-0.1, -0.05) is 6.92 Å². The molecule has 0 aliphatic heterocycles. The maximum atomic E-state index is 5.92. The summed E-state index contributed by atoms with van der Waals surface area (Å²) in [6.45, 7) is 2.70. The van der Waals surface area contributed by atoms with Gasteiger partial charge in [0.1, 0.15) is 12.7 Å². The Morgan fingerprint density at radius 1 is 1.62 bits per heavy atom. The zero-order valence-corrected chi connectivity index (χ0v) is 8.05. The highest BCUT2D eigenvalue weighted by molar-refractivity contribution is 4.72. The van der Waals surface area contributed by atoms with Crippen molar-refractivity contribution in [2.75, 3.05) is 7.11 Å². The average molecular weight is 184 g/mol. The lowest BCUT2D eigenvalue weighted by molar-refractivity contribution is 0.0711. The highest BCUT2D eigenvalue weighted by Crippen LogP contribution is 2.02. The quantitative estimate of drug-likeness (QED) is 0.701. The van der Waals surface area contributed by atoms with Crippen molar-refractivity contribution in [1.29, 1.82) is 0 Å². The van der Waals surface area contributed by atoms with Gasteiger partial charge in [0.2, 0.25) is 0 Å². The van der Waals surface area contributed by atoms with Gasteiger partial charge in [-0.25, -0.2) is 4.98 Å². The molecule has 0 fully saturated rings. The normalized spacial score (nSPS) is 15.6. The first kappa shape index (κ1) is 10.1. The minimum absolute atomic E-state index is 0.0308. The molecule has 0 amide bonds. The minimum atomic E-state index is -0.0308. The van der Waals surface area contributed by atoms with E-state index >= 15 is 0 Å². The summed E-state index contributed by atoms with van der Waals surface area (Å²) < 4.78 is 6.94. The second-order valence-electron chi connectivity index (χ2n) is 2.96. The van der Waals surface area contributed by atoms with Gasteiger partial charge in [-0.05, 0) is 6.42 Å². The van der Waals surface area contributed by atoms with Crippen LogP contribution in [0.1, 0.15) is 13.3 Å². The highest BCUT2D eigenvalue weighted by atomic mass is 16.5. The number of aromatic nitrogens is 3. The summed E-state index contributed by atoms with van der Waals surface area (Å²) in [6, 6.07) is -0.0308. The summed E-state index contributed by atoms with van der Waals surface area (Å²) in [7, 11) is 1.68. The van der Waals surface area contributed by atoms with Crippen LogP contribution in [0.5, 0.6) is 0 Å². The summed E-state index contributed by atoms with van der Waals surface area (Å²) in [5, 5.41) is 3.98. The van der Waals surface area contributed by atoms with Crippen molar-refractivity contribution in [3.05, 3.63) is 12.7 Å². The molecule has 0 saturated carbocycles. The molecular weight excluding hydrogens is 168 g/mol. The van der Waals surface area contributed by atoms with Crippen molar-refractivity contribution < 1.29 is 4.74 Å². The van der Waals surface area contributed by atoms with E-state index in [2.05, 4.69) is 17.0 Å². The van der Waals surface area contributed by atoms with Crippen LogP contribution >= 0.6 is 0 Å². The van der Waals surface area contributed by atoms with Gasteiger partial charge in [-0.3, -0.25) is 4.68 Å². The fourth-order valence-corrected chi connectivity index (χ4v) is 1.30. The summed E-state index contributed by atoms with van der Waals surface area (Å²) in [5.74, 6) is 0. The first-order valence-corrected chi connectivity index (χ1v) is 4.38. The average Bonchev–Trinajstić information content (AvgIpc) is 2.59. The van der Waals surface area contributed by atoms with Crippen LogP contribution < -0.4 is 5.73 Å². The molecule has 0 unspecified atom stereocenters. The van der Waals surface area contributed by atoms with Gasteiger partial charge in [0, 0.05) is 7.11 Å². The minimum Gasteiger partial charge on any atom is -0.380 e. The Kier molecular flexibility index (Phi) is 3.85. The number of methoxy groups -OCH3 is 1. The van der Waals surface area contributed by atoms with E-state index < -0.39 is 0 Å². The van der Waals surface area contributed by atoms with Crippen molar-refractivity contribution in [2.24, 2.45) is 5.73 Å². The van der Waals surface area contributed by atoms with Crippen molar-refractivity contribution in [1.82, 2.24) is 14.8 Å². The molecule has 0 spiro atoms. The van der Waals surface area contributed by atoms with Gasteiger partial charge in [0.25, 0.3) is 0 Å². The number of nitrogens with zero attached hydrogens (tertiary/aromatic N) is 3. The van der Waals surface area contributed by atoms with E-state index in [9.17, 15) is 0 Å². The van der Waals surface area contributed by atoms with Crippen molar-refractivity contribution in [3.63, 3.8) is 0 Å². The largest absolute Gasteiger partial charge is 0.380 e. The van der Waals surface area contributed by atoms with Crippen LogP contribution in [0.3, 0.4) is 0 Å². The first-order valence-electron chi connectivity index (χ1n) is 4.38. The van der Waals surface area contributed by atoms with Crippen LogP contribution in [0.2, 0.25) is 0 Å². The Hall–Kier alpha value is -0.940. The Bertz CT molecular complexity index is 220. The van der Waals surface area contributed by atoms with E-state index in [0.29, 0.717) is 6.54 Å². The molecule has 0 aliphatic rings. The maximum Gasteiger partial charge on any atom is 0.137 e. The molecular formula is C8H16N4O. The number of hydrogen-bond acceptors (Lipinski definition) is 4. The van der Waals surface area contributed by atoms with E-state index in [-0.39, 0.29) is 12.1 Å². The van der Waals surface area contributed by atoms with Gasteiger partial charge in [0.05, 0.1) is 18.7 Å². The number of ether oxygens (including phenoxy) is 1. The molecule has 0 aromatic carbocycles. The molecule has 0 saturated heterocycles. The third kappa shape index (κ3) is 2.78. The van der Waals surface area contributed by atoms with Gasteiger partial charge in [-0.2, -0.15) is 5.10 Å². The van der Waals surface area contributed by atoms with Crippen LogP contribution in [0.15, 0.2) is 12.7 Å². The van der Waals surface area contributed by atoms with Crippen molar-refractivity contribution in [3.8, 4) is 0 Å². The van der Waals surface area contributed by atoms with Crippen molar-refractivity contribution in [2.45, 2.75) is 32.0 Å². The lowest BCUT2D eigenvalue weighted by Gasteiger charge is -2.20. The Labute approximate surface area is 77.9 Å². The van der Waals surface area contributed by atoms with Crippen LogP contribution in [-0.4, -0.2) is 34.0 Å². The van der Waals surface area contributed by atoms with Crippen LogP contribution in [-0.2, 0) is 11.3 Å². The van der Waals surface area contributed by atoms with Gasteiger partial charge in [0.15, 0.2) is 0 Å². The fourth-order valence-electron chi connectivity index (χ4n) is 1.30. The molecule has 0 radical (unpaired) electrons. The molecule has 5 heteroatoms. The molecule has 2 N–H and O–H groups in total. The monoisotopic (exact) mass is 184 g/mol. The molecule has 74 valence electrons. The lowest BCUT2D eigenvalue weighted by atomic mass is 10.1. The SMILES string of the molecule is CC[C@@H](OC)[C@H](N)Cn1cncn1. The Morgan fingerprint density at radius 3 is 2.85 bits per heavy atom. The van der Waals surface area contributed by atoms with E-state index in [4.69, 9.17) is 10.5 Å². The molecule has 2 atom stereocenters. The van der Waals surface area contributed by atoms with Gasteiger partial charge < -0.3 is 10.5 Å². The van der Waals surface area contributed by atoms with Gasteiger partial charge >= 0.3 is 0 Å².